The van der Waals surface area contributed by atoms with Gasteiger partial charge in [-0.15, -0.1) is 0 Å². The number of carbonyl (C=O) groups is 1. The number of aliphatic hydroxyl groups excluding tert-OH is 2. The molecule has 3 unspecified atom stereocenters. The number of aliphatic hydroxyl groups is 2. The second kappa shape index (κ2) is 45.0. The fourth-order valence-electron chi connectivity index (χ4n) is 7.30. The van der Waals surface area contributed by atoms with E-state index in [4.69, 9.17) is 23.6 Å². The normalized spacial score (nSPS) is 13.8. The number of ether oxygens (including phenoxy) is 2. The van der Waals surface area contributed by atoms with Crippen LogP contribution in [0.2, 0.25) is 0 Å². The Balaban J connectivity index is 4.04. The summed E-state index contributed by atoms with van der Waals surface area (Å²) in [5.41, 5.74) is 0. The SMILES string of the molecule is CCCCCCCCCCCCCCCCCCCCCOCC(COP(=O)(O)OCC(O)CO)OC(=O)CCCCCCCCCCCCCCCCCCC. The van der Waals surface area contributed by atoms with Crippen LogP contribution in [0.5, 0.6) is 0 Å². The van der Waals surface area contributed by atoms with Crippen molar-refractivity contribution in [2.75, 3.05) is 33.0 Å². The number of phosphoric acid groups is 1. The van der Waals surface area contributed by atoms with Crippen molar-refractivity contribution in [3.63, 3.8) is 0 Å². The van der Waals surface area contributed by atoms with Crippen molar-refractivity contribution in [2.24, 2.45) is 0 Å². The van der Waals surface area contributed by atoms with Gasteiger partial charge in [0.05, 0.1) is 26.4 Å². The lowest BCUT2D eigenvalue weighted by Gasteiger charge is -2.20. The molecule has 342 valence electrons. The molecule has 0 aliphatic heterocycles. The van der Waals surface area contributed by atoms with Gasteiger partial charge in [-0.05, 0) is 12.8 Å². The number of hydrogen-bond acceptors (Lipinski definition) is 8. The van der Waals surface area contributed by atoms with Crippen LogP contribution in [-0.2, 0) is 27.9 Å². The predicted octanol–water partition coefficient (Wildman–Crippen LogP) is 13.9. The molecule has 0 rings (SSSR count). The molecule has 0 aromatic rings. The summed E-state index contributed by atoms with van der Waals surface area (Å²) in [6.07, 6.45) is 44.9. The molecule has 0 aliphatic carbocycles. The van der Waals surface area contributed by atoms with Crippen molar-refractivity contribution in [3.05, 3.63) is 0 Å². The van der Waals surface area contributed by atoms with Gasteiger partial charge >= 0.3 is 13.8 Å². The molecule has 57 heavy (non-hydrogen) atoms. The first-order chi connectivity index (χ1) is 27.8. The van der Waals surface area contributed by atoms with Gasteiger partial charge in [0, 0.05) is 13.0 Å². The highest BCUT2D eigenvalue weighted by molar-refractivity contribution is 7.47. The number of unbranched alkanes of at least 4 members (excludes halogenated alkanes) is 34. The first kappa shape index (κ1) is 56.5. The van der Waals surface area contributed by atoms with E-state index in [1.807, 2.05) is 0 Å². The van der Waals surface area contributed by atoms with Crippen LogP contribution < -0.4 is 0 Å². The van der Waals surface area contributed by atoms with E-state index in [0.717, 1.165) is 32.1 Å². The van der Waals surface area contributed by atoms with Gasteiger partial charge in [-0.2, -0.15) is 0 Å². The van der Waals surface area contributed by atoms with Crippen molar-refractivity contribution >= 4 is 13.8 Å². The molecule has 0 radical (unpaired) electrons. The highest BCUT2D eigenvalue weighted by atomic mass is 31.2. The highest BCUT2D eigenvalue weighted by Crippen LogP contribution is 2.43. The van der Waals surface area contributed by atoms with Gasteiger partial charge in [-0.25, -0.2) is 4.57 Å². The zero-order valence-electron chi connectivity index (χ0n) is 37.6. The first-order valence-corrected chi connectivity index (χ1v) is 26.0. The van der Waals surface area contributed by atoms with Crippen LogP contribution in [0.3, 0.4) is 0 Å². The highest BCUT2D eigenvalue weighted by Gasteiger charge is 2.26. The third-order valence-corrected chi connectivity index (χ3v) is 12.0. The van der Waals surface area contributed by atoms with Crippen molar-refractivity contribution < 1.29 is 43.0 Å². The minimum atomic E-state index is -4.51. The molecule has 0 aliphatic rings. The molecule has 0 aromatic carbocycles. The van der Waals surface area contributed by atoms with Crippen molar-refractivity contribution in [1.29, 1.82) is 0 Å². The van der Waals surface area contributed by atoms with E-state index in [1.54, 1.807) is 0 Å². The van der Waals surface area contributed by atoms with Crippen molar-refractivity contribution in [3.8, 4) is 0 Å². The van der Waals surface area contributed by atoms with Gasteiger partial charge in [0.1, 0.15) is 12.2 Å². The second-order valence-corrected chi connectivity index (χ2v) is 18.3. The van der Waals surface area contributed by atoms with E-state index < -0.39 is 33.2 Å². The summed E-state index contributed by atoms with van der Waals surface area (Å²) in [5.74, 6) is -0.374. The zero-order valence-corrected chi connectivity index (χ0v) is 38.5. The van der Waals surface area contributed by atoms with Crippen molar-refractivity contribution in [1.82, 2.24) is 0 Å². The number of rotatable bonds is 48. The number of phosphoric ester groups is 1. The van der Waals surface area contributed by atoms with Crippen LogP contribution in [0.25, 0.3) is 0 Å². The Labute approximate surface area is 352 Å². The van der Waals surface area contributed by atoms with E-state index in [0.29, 0.717) is 6.61 Å². The van der Waals surface area contributed by atoms with Crippen molar-refractivity contribution in [2.45, 2.75) is 264 Å². The largest absolute Gasteiger partial charge is 0.472 e. The molecule has 0 amide bonds. The van der Waals surface area contributed by atoms with Crippen LogP contribution in [0.15, 0.2) is 0 Å². The average Bonchev–Trinajstić information content (AvgIpc) is 3.20. The van der Waals surface area contributed by atoms with Gasteiger partial charge in [-0.3, -0.25) is 13.8 Å². The lowest BCUT2D eigenvalue weighted by molar-refractivity contribution is -0.154. The van der Waals surface area contributed by atoms with Gasteiger partial charge in [-0.1, -0.05) is 232 Å². The van der Waals surface area contributed by atoms with E-state index in [9.17, 15) is 19.4 Å². The number of esters is 1. The Bertz CT molecular complexity index is 861. The summed E-state index contributed by atoms with van der Waals surface area (Å²) in [6, 6.07) is 0. The fourth-order valence-corrected chi connectivity index (χ4v) is 8.09. The summed E-state index contributed by atoms with van der Waals surface area (Å²) in [7, 11) is -4.51. The third-order valence-electron chi connectivity index (χ3n) is 11.0. The fraction of sp³-hybridized carbons (Fsp3) is 0.979. The molecule has 0 aromatic heterocycles. The summed E-state index contributed by atoms with van der Waals surface area (Å²) in [6.45, 7) is 3.60. The van der Waals surface area contributed by atoms with Gasteiger partial charge in [0.2, 0.25) is 0 Å². The monoisotopic (exact) mass is 835 g/mol. The minimum Gasteiger partial charge on any atom is -0.457 e. The Morgan fingerprint density at radius 3 is 1.14 bits per heavy atom. The molecule has 10 heteroatoms. The molecule has 9 nitrogen and oxygen atoms in total. The van der Waals surface area contributed by atoms with Crippen LogP contribution >= 0.6 is 7.82 Å². The summed E-state index contributed by atoms with van der Waals surface area (Å²) >= 11 is 0. The first-order valence-electron chi connectivity index (χ1n) is 24.5. The maximum Gasteiger partial charge on any atom is 0.472 e. The topological polar surface area (TPSA) is 132 Å². The van der Waals surface area contributed by atoms with E-state index in [2.05, 4.69) is 13.8 Å². The Morgan fingerprint density at radius 1 is 0.474 bits per heavy atom. The standard InChI is InChI=1S/C47H95O9P/c1-3-5-7-9-11-13-15-17-19-21-22-24-26-28-30-32-34-36-38-40-53-43-46(44-55-57(51,52)54-42-45(49)41-48)56-47(50)39-37-35-33-31-29-27-25-23-20-18-16-14-12-10-8-6-4-2/h45-46,48-49H,3-44H2,1-2H3,(H,51,52). The molecule has 0 heterocycles. The molecule has 0 fully saturated rings. The predicted molar refractivity (Wildman–Crippen MR) is 238 cm³/mol. The van der Waals surface area contributed by atoms with Crippen LogP contribution in [0, 0.1) is 0 Å². The number of carbonyl (C=O) groups excluding carboxylic acids is 1. The lowest BCUT2D eigenvalue weighted by atomic mass is 10.0. The third kappa shape index (κ3) is 44.8. The van der Waals surface area contributed by atoms with Gasteiger partial charge in [0.25, 0.3) is 0 Å². The number of hydrogen-bond donors (Lipinski definition) is 3. The van der Waals surface area contributed by atoms with E-state index in [-0.39, 0.29) is 25.6 Å². The molecular formula is C47H95O9P. The molecule has 0 saturated carbocycles. The molecule has 0 spiro atoms. The van der Waals surface area contributed by atoms with Crippen LogP contribution in [0.4, 0.5) is 0 Å². The smallest absolute Gasteiger partial charge is 0.457 e. The van der Waals surface area contributed by atoms with Gasteiger partial charge in [0.15, 0.2) is 0 Å². The maximum absolute atomic E-state index is 12.7. The van der Waals surface area contributed by atoms with Crippen LogP contribution in [0.1, 0.15) is 251 Å². The Morgan fingerprint density at radius 2 is 0.789 bits per heavy atom. The summed E-state index contributed by atoms with van der Waals surface area (Å²) in [4.78, 5) is 22.6. The Kier molecular flexibility index (Phi) is 44.6. The van der Waals surface area contributed by atoms with Gasteiger partial charge < -0.3 is 24.6 Å². The quantitative estimate of drug-likeness (QED) is 0.0311. The zero-order chi connectivity index (χ0) is 41.8. The minimum absolute atomic E-state index is 0.0586. The van der Waals surface area contributed by atoms with Crippen LogP contribution in [-0.4, -0.2) is 66.3 Å². The molecule has 3 atom stereocenters. The van der Waals surface area contributed by atoms with E-state index >= 15 is 0 Å². The summed E-state index contributed by atoms with van der Waals surface area (Å²) in [5, 5.41) is 18.4. The van der Waals surface area contributed by atoms with E-state index in [1.165, 1.54) is 199 Å². The molecule has 0 bridgehead atoms. The Hall–Kier alpha value is -0.540. The average molecular weight is 835 g/mol. The second-order valence-electron chi connectivity index (χ2n) is 16.9. The molecular weight excluding hydrogens is 739 g/mol. The molecule has 3 N–H and O–H groups in total. The lowest BCUT2D eigenvalue weighted by Crippen LogP contribution is -2.29. The maximum atomic E-state index is 12.7. The molecule has 0 saturated heterocycles. The summed E-state index contributed by atoms with van der Waals surface area (Å²) < 4.78 is 33.5.